The minimum atomic E-state index is -0.128. The van der Waals surface area contributed by atoms with Gasteiger partial charge in [0.05, 0.1) is 23.8 Å². The molecule has 0 aliphatic carbocycles. The van der Waals surface area contributed by atoms with Gasteiger partial charge in [0.25, 0.3) is 0 Å². The predicted molar refractivity (Wildman–Crippen MR) is 107 cm³/mol. The van der Waals surface area contributed by atoms with Gasteiger partial charge >= 0.3 is 0 Å². The highest BCUT2D eigenvalue weighted by atomic mass is 32.1. The number of anilines is 1. The SMILES string of the molecule is COc1ccc(-c2csc(NC(=O)Cn3c(C)nc4ccccc43)n2)cc1. The molecule has 0 fully saturated rings. The average molecular weight is 378 g/mol. The minimum Gasteiger partial charge on any atom is -0.497 e. The van der Waals surface area contributed by atoms with E-state index in [2.05, 4.69) is 15.3 Å². The summed E-state index contributed by atoms with van der Waals surface area (Å²) in [6.07, 6.45) is 0. The summed E-state index contributed by atoms with van der Waals surface area (Å²) in [5.41, 5.74) is 3.63. The molecule has 0 radical (unpaired) electrons. The fourth-order valence-electron chi connectivity index (χ4n) is 2.92. The number of hydrogen-bond acceptors (Lipinski definition) is 5. The van der Waals surface area contributed by atoms with Crippen molar-refractivity contribution >= 4 is 33.4 Å². The minimum absolute atomic E-state index is 0.128. The molecule has 2 aromatic carbocycles. The Balaban J connectivity index is 1.48. The maximum absolute atomic E-state index is 12.5. The summed E-state index contributed by atoms with van der Waals surface area (Å²) in [5, 5.41) is 5.38. The number of rotatable bonds is 5. The first-order chi connectivity index (χ1) is 13.1. The standard InChI is InChI=1S/C20H18N4O2S/c1-13-21-16-5-3-4-6-18(16)24(13)11-19(25)23-20-22-17(12-27-20)14-7-9-15(26-2)10-8-14/h3-10,12H,11H2,1-2H3,(H,22,23,25). The molecule has 0 aliphatic heterocycles. The third kappa shape index (κ3) is 3.54. The number of aryl methyl sites for hydroxylation is 1. The van der Waals surface area contributed by atoms with Crippen molar-refractivity contribution in [2.75, 3.05) is 12.4 Å². The van der Waals surface area contributed by atoms with Crippen molar-refractivity contribution in [2.24, 2.45) is 0 Å². The molecule has 2 heterocycles. The number of methoxy groups -OCH3 is 1. The number of hydrogen-bond donors (Lipinski definition) is 1. The number of carbonyl (C=O) groups excluding carboxylic acids is 1. The molecule has 0 spiro atoms. The fraction of sp³-hybridized carbons (Fsp3) is 0.150. The zero-order valence-corrected chi connectivity index (χ0v) is 15.8. The van der Waals surface area contributed by atoms with E-state index in [1.54, 1.807) is 7.11 Å². The zero-order chi connectivity index (χ0) is 18.8. The Morgan fingerprint density at radius 2 is 1.93 bits per heavy atom. The van der Waals surface area contributed by atoms with Crippen LogP contribution in [0.25, 0.3) is 22.3 Å². The third-order valence-corrected chi connectivity index (χ3v) is 5.04. The second-order valence-electron chi connectivity index (χ2n) is 6.05. The summed E-state index contributed by atoms with van der Waals surface area (Å²) in [6, 6.07) is 15.5. The number of amides is 1. The van der Waals surface area contributed by atoms with Crippen LogP contribution in [0.2, 0.25) is 0 Å². The van der Waals surface area contributed by atoms with Crippen molar-refractivity contribution < 1.29 is 9.53 Å². The maximum atomic E-state index is 12.5. The van der Waals surface area contributed by atoms with Crippen LogP contribution in [0.3, 0.4) is 0 Å². The molecule has 1 amide bonds. The van der Waals surface area contributed by atoms with Gasteiger partial charge in [-0.05, 0) is 43.3 Å². The first kappa shape index (κ1) is 17.2. The molecule has 0 saturated heterocycles. The van der Waals surface area contributed by atoms with Gasteiger partial charge in [-0.15, -0.1) is 11.3 Å². The molecule has 0 saturated carbocycles. The van der Waals surface area contributed by atoms with Gasteiger partial charge in [-0.3, -0.25) is 4.79 Å². The van der Waals surface area contributed by atoms with E-state index < -0.39 is 0 Å². The average Bonchev–Trinajstić information content (AvgIpc) is 3.27. The number of fused-ring (bicyclic) bond motifs is 1. The first-order valence-corrected chi connectivity index (χ1v) is 9.33. The Kier molecular flexibility index (Phi) is 4.60. The molecule has 6 nitrogen and oxygen atoms in total. The van der Waals surface area contributed by atoms with E-state index in [9.17, 15) is 4.79 Å². The molecule has 27 heavy (non-hydrogen) atoms. The maximum Gasteiger partial charge on any atom is 0.246 e. The highest BCUT2D eigenvalue weighted by Gasteiger charge is 2.13. The van der Waals surface area contributed by atoms with Gasteiger partial charge < -0.3 is 14.6 Å². The van der Waals surface area contributed by atoms with Crippen molar-refractivity contribution in [3.05, 3.63) is 59.7 Å². The summed E-state index contributed by atoms with van der Waals surface area (Å²) in [5.74, 6) is 1.48. The molecule has 1 N–H and O–H groups in total. The van der Waals surface area contributed by atoms with Crippen LogP contribution in [-0.4, -0.2) is 27.6 Å². The lowest BCUT2D eigenvalue weighted by Gasteiger charge is -2.06. The fourth-order valence-corrected chi connectivity index (χ4v) is 3.66. The summed E-state index contributed by atoms with van der Waals surface area (Å²) in [4.78, 5) is 21.5. The van der Waals surface area contributed by atoms with Gasteiger partial charge in [0.15, 0.2) is 5.13 Å². The van der Waals surface area contributed by atoms with E-state index in [0.717, 1.165) is 33.9 Å². The van der Waals surface area contributed by atoms with Crippen LogP contribution >= 0.6 is 11.3 Å². The normalized spacial score (nSPS) is 10.9. The lowest BCUT2D eigenvalue weighted by molar-refractivity contribution is -0.116. The molecule has 7 heteroatoms. The molecule has 4 rings (SSSR count). The molecule has 136 valence electrons. The van der Waals surface area contributed by atoms with Gasteiger partial charge in [0.2, 0.25) is 5.91 Å². The second-order valence-corrected chi connectivity index (χ2v) is 6.91. The summed E-state index contributed by atoms with van der Waals surface area (Å²) in [7, 11) is 1.64. The number of aromatic nitrogens is 3. The van der Waals surface area contributed by atoms with Crippen LogP contribution in [0.1, 0.15) is 5.82 Å². The number of benzene rings is 2. The number of nitrogens with zero attached hydrogens (tertiary/aromatic N) is 3. The quantitative estimate of drug-likeness (QED) is 0.567. The van der Waals surface area contributed by atoms with Crippen LogP contribution < -0.4 is 10.1 Å². The van der Waals surface area contributed by atoms with Gasteiger partial charge in [0.1, 0.15) is 18.1 Å². The van der Waals surface area contributed by atoms with Crippen molar-refractivity contribution in [1.82, 2.24) is 14.5 Å². The van der Waals surface area contributed by atoms with E-state index in [0.29, 0.717) is 5.13 Å². The summed E-state index contributed by atoms with van der Waals surface area (Å²) in [6.45, 7) is 2.10. The van der Waals surface area contributed by atoms with Crippen LogP contribution in [0, 0.1) is 6.92 Å². The monoisotopic (exact) mass is 378 g/mol. The highest BCUT2D eigenvalue weighted by molar-refractivity contribution is 7.14. The number of nitrogens with one attached hydrogen (secondary N) is 1. The van der Waals surface area contributed by atoms with Gasteiger partial charge in [0, 0.05) is 10.9 Å². The Morgan fingerprint density at radius 1 is 1.15 bits per heavy atom. The Bertz CT molecular complexity index is 1100. The zero-order valence-electron chi connectivity index (χ0n) is 15.0. The number of thiazole rings is 1. The lowest BCUT2D eigenvalue weighted by atomic mass is 10.2. The van der Waals surface area contributed by atoms with E-state index in [1.807, 2.05) is 65.4 Å². The number of carbonyl (C=O) groups is 1. The number of para-hydroxylation sites is 2. The largest absolute Gasteiger partial charge is 0.497 e. The molecule has 0 aliphatic rings. The smallest absolute Gasteiger partial charge is 0.246 e. The van der Waals surface area contributed by atoms with Crippen LogP contribution in [-0.2, 0) is 11.3 Å². The third-order valence-electron chi connectivity index (χ3n) is 4.28. The van der Waals surface area contributed by atoms with Gasteiger partial charge in [-0.25, -0.2) is 9.97 Å². The van der Waals surface area contributed by atoms with Crippen molar-refractivity contribution in [3.8, 4) is 17.0 Å². The number of ether oxygens (including phenoxy) is 1. The van der Waals surface area contributed by atoms with Crippen molar-refractivity contribution in [3.63, 3.8) is 0 Å². The summed E-state index contributed by atoms with van der Waals surface area (Å²) < 4.78 is 7.08. The molecule has 4 aromatic rings. The van der Waals surface area contributed by atoms with Crippen LogP contribution in [0.4, 0.5) is 5.13 Å². The molecule has 0 atom stereocenters. The molecule has 0 unspecified atom stereocenters. The Labute approximate surface area is 160 Å². The predicted octanol–water partition coefficient (Wildman–Crippen LogP) is 4.12. The Hall–Kier alpha value is -3.19. The lowest BCUT2D eigenvalue weighted by Crippen LogP contribution is -2.19. The van der Waals surface area contributed by atoms with Crippen LogP contribution in [0.15, 0.2) is 53.9 Å². The highest BCUT2D eigenvalue weighted by Crippen LogP contribution is 2.26. The molecule has 2 aromatic heterocycles. The Morgan fingerprint density at radius 3 is 2.70 bits per heavy atom. The topological polar surface area (TPSA) is 69.0 Å². The number of imidazole rings is 1. The second kappa shape index (κ2) is 7.20. The first-order valence-electron chi connectivity index (χ1n) is 8.46. The van der Waals surface area contributed by atoms with E-state index >= 15 is 0 Å². The van der Waals surface area contributed by atoms with Crippen LogP contribution in [0.5, 0.6) is 5.75 Å². The molecular formula is C20H18N4O2S. The van der Waals surface area contributed by atoms with Crippen molar-refractivity contribution in [2.45, 2.75) is 13.5 Å². The van der Waals surface area contributed by atoms with Crippen molar-refractivity contribution in [1.29, 1.82) is 0 Å². The van der Waals surface area contributed by atoms with Gasteiger partial charge in [-0.2, -0.15) is 0 Å². The molecule has 0 bridgehead atoms. The van der Waals surface area contributed by atoms with Gasteiger partial charge in [-0.1, -0.05) is 12.1 Å². The van der Waals surface area contributed by atoms with E-state index in [-0.39, 0.29) is 12.5 Å². The molecular weight excluding hydrogens is 360 g/mol. The summed E-state index contributed by atoms with van der Waals surface area (Å²) >= 11 is 1.40. The van der Waals surface area contributed by atoms with E-state index in [4.69, 9.17) is 4.74 Å². The van der Waals surface area contributed by atoms with E-state index in [1.165, 1.54) is 11.3 Å².